The lowest BCUT2D eigenvalue weighted by atomic mass is 9.92. The molecule has 2 rings (SSSR count). The van der Waals surface area contributed by atoms with Crippen LogP contribution >= 0.6 is 0 Å². The number of amides is 1. The summed E-state index contributed by atoms with van der Waals surface area (Å²) in [5.41, 5.74) is 9.76. The quantitative estimate of drug-likeness (QED) is 0.719. The van der Waals surface area contributed by atoms with Crippen molar-refractivity contribution in [2.45, 2.75) is 33.6 Å². The van der Waals surface area contributed by atoms with Gasteiger partial charge in [-0.2, -0.15) is 0 Å². The van der Waals surface area contributed by atoms with E-state index in [0.717, 1.165) is 29.9 Å². The van der Waals surface area contributed by atoms with Gasteiger partial charge in [0.1, 0.15) is 0 Å². The van der Waals surface area contributed by atoms with Crippen LogP contribution in [0.15, 0.2) is 12.1 Å². The highest BCUT2D eigenvalue weighted by atomic mass is 16.1. The Morgan fingerprint density at radius 2 is 2.11 bits per heavy atom. The summed E-state index contributed by atoms with van der Waals surface area (Å²) >= 11 is 0. The molecule has 18 heavy (non-hydrogen) atoms. The summed E-state index contributed by atoms with van der Waals surface area (Å²) in [6.07, 6.45) is 1.50. The maximum absolute atomic E-state index is 11.3. The zero-order chi connectivity index (χ0) is 13.3. The van der Waals surface area contributed by atoms with Gasteiger partial charge in [-0.1, -0.05) is 20.8 Å². The molecule has 0 aliphatic carbocycles. The molecule has 4 N–H and O–H groups in total. The topological polar surface area (TPSA) is 67.1 Å². The predicted molar refractivity (Wildman–Crippen MR) is 75.7 cm³/mol. The number of benzene rings is 1. The molecule has 1 amide bonds. The Morgan fingerprint density at radius 3 is 2.78 bits per heavy atom. The van der Waals surface area contributed by atoms with Crippen molar-refractivity contribution >= 4 is 23.0 Å². The van der Waals surface area contributed by atoms with E-state index in [2.05, 4.69) is 31.4 Å². The molecule has 0 bridgehead atoms. The number of hydrogen-bond acceptors (Lipinski definition) is 3. The Balaban J connectivity index is 2.06. The van der Waals surface area contributed by atoms with Gasteiger partial charge in [-0.3, -0.25) is 4.79 Å². The highest BCUT2D eigenvalue weighted by molar-refractivity contribution is 6.00. The maximum Gasteiger partial charge on any atom is 0.228 e. The van der Waals surface area contributed by atoms with Crippen molar-refractivity contribution in [3.8, 4) is 0 Å². The van der Waals surface area contributed by atoms with Crippen molar-refractivity contribution in [3.05, 3.63) is 17.7 Å². The SMILES string of the molecule is CC(C)(C)CCNc1cc2c(cc1N)CC(=O)N2. The first-order valence-corrected chi connectivity index (χ1v) is 6.31. The first-order valence-electron chi connectivity index (χ1n) is 6.31. The molecule has 0 aromatic heterocycles. The van der Waals surface area contributed by atoms with Gasteiger partial charge in [-0.15, -0.1) is 0 Å². The summed E-state index contributed by atoms with van der Waals surface area (Å²) in [4.78, 5) is 11.3. The Hall–Kier alpha value is -1.71. The lowest BCUT2D eigenvalue weighted by molar-refractivity contribution is -0.115. The standard InChI is InChI=1S/C14H21N3O/c1-14(2,3)4-5-16-12-8-11-9(6-10(12)15)7-13(18)17-11/h6,8,16H,4-5,7,15H2,1-3H3,(H,17,18). The number of hydrogen-bond donors (Lipinski definition) is 3. The molecule has 0 spiro atoms. The van der Waals surface area contributed by atoms with Gasteiger partial charge in [0.25, 0.3) is 0 Å². The first-order chi connectivity index (χ1) is 8.35. The molecule has 0 atom stereocenters. The smallest absolute Gasteiger partial charge is 0.228 e. The predicted octanol–water partition coefficient (Wildman–Crippen LogP) is 2.61. The van der Waals surface area contributed by atoms with E-state index in [1.54, 1.807) is 0 Å². The number of carbonyl (C=O) groups is 1. The Bertz CT molecular complexity index is 475. The molecule has 1 heterocycles. The van der Waals surface area contributed by atoms with Crippen LogP contribution in [0.1, 0.15) is 32.8 Å². The zero-order valence-electron chi connectivity index (χ0n) is 11.3. The fraction of sp³-hybridized carbons (Fsp3) is 0.500. The van der Waals surface area contributed by atoms with E-state index in [9.17, 15) is 4.79 Å². The average Bonchev–Trinajstić information content (AvgIpc) is 2.55. The van der Waals surface area contributed by atoms with Crippen molar-refractivity contribution in [3.63, 3.8) is 0 Å². The normalized spacial score (nSPS) is 14.3. The van der Waals surface area contributed by atoms with Crippen LogP contribution < -0.4 is 16.4 Å². The number of carbonyl (C=O) groups excluding carboxylic acids is 1. The van der Waals surface area contributed by atoms with Gasteiger partial charge in [0.05, 0.1) is 17.8 Å². The van der Waals surface area contributed by atoms with Crippen molar-refractivity contribution in [2.24, 2.45) is 5.41 Å². The number of fused-ring (bicyclic) bond motifs is 1. The number of nitrogens with two attached hydrogens (primary N) is 1. The summed E-state index contributed by atoms with van der Waals surface area (Å²) in [6, 6.07) is 3.81. The van der Waals surface area contributed by atoms with Crippen molar-refractivity contribution < 1.29 is 4.79 Å². The van der Waals surface area contributed by atoms with Crippen molar-refractivity contribution in [1.29, 1.82) is 0 Å². The summed E-state index contributed by atoms with van der Waals surface area (Å²) < 4.78 is 0. The third-order valence-corrected chi connectivity index (χ3v) is 3.09. The molecule has 0 saturated heterocycles. The molecule has 4 heteroatoms. The van der Waals surface area contributed by atoms with Gasteiger partial charge >= 0.3 is 0 Å². The van der Waals surface area contributed by atoms with Gasteiger partial charge in [0.15, 0.2) is 0 Å². The van der Waals surface area contributed by atoms with Gasteiger partial charge in [0, 0.05) is 12.2 Å². The Labute approximate surface area is 108 Å². The summed E-state index contributed by atoms with van der Waals surface area (Å²) in [7, 11) is 0. The molecule has 0 fully saturated rings. The number of anilines is 3. The van der Waals surface area contributed by atoms with Gasteiger partial charge in [-0.25, -0.2) is 0 Å². The van der Waals surface area contributed by atoms with E-state index >= 15 is 0 Å². The molecule has 1 aromatic rings. The molecule has 4 nitrogen and oxygen atoms in total. The minimum absolute atomic E-state index is 0.0382. The van der Waals surface area contributed by atoms with E-state index in [-0.39, 0.29) is 5.91 Å². The van der Waals surface area contributed by atoms with Gasteiger partial charge in [-0.05, 0) is 29.5 Å². The van der Waals surface area contributed by atoms with E-state index in [4.69, 9.17) is 5.73 Å². The number of rotatable bonds is 3. The number of nitrogens with one attached hydrogen (secondary N) is 2. The largest absolute Gasteiger partial charge is 0.397 e. The molecule has 0 unspecified atom stereocenters. The molecule has 0 radical (unpaired) electrons. The third-order valence-electron chi connectivity index (χ3n) is 3.09. The molecule has 1 aromatic carbocycles. The third kappa shape index (κ3) is 2.94. The van der Waals surface area contributed by atoms with Crippen LogP contribution in [0, 0.1) is 5.41 Å². The monoisotopic (exact) mass is 247 g/mol. The minimum atomic E-state index is 0.0382. The van der Waals surface area contributed by atoms with Crippen molar-refractivity contribution in [1.82, 2.24) is 0 Å². The van der Waals surface area contributed by atoms with Crippen LogP contribution in [0.25, 0.3) is 0 Å². The highest BCUT2D eigenvalue weighted by Gasteiger charge is 2.19. The van der Waals surface area contributed by atoms with Crippen LogP contribution in [0.5, 0.6) is 0 Å². The Kier molecular flexibility index (Phi) is 3.20. The second kappa shape index (κ2) is 4.52. The molecule has 0 saturated carbocycles. The van der Waals surface area contributed by atoms with E-state index in [1.165, 1.54) is 0 Å². The van der Waals surface area contributed by atoms with E-state index in [0.29, 0.717) is 17.5 Å². The molecular formula is C14H21N3O. The maximum atomic E-state index is 11.3. The van der Waals surface area contributed by atoms with Crippen LogP contribution in [0.2, 0.25) is 0 Å². The second-order valence-corrected chi connectivity index (χ2v) is 6.06. The fourth-order valence-electron chi connectivity index (χ4n) is 2.02. The molecule has 98 valence electrons. The highest BCUT2D eigenvalue weighted by Crippen LogP contribution is 2.31. The number of nitrogen functional groups attached to an aromatic ring is 1. The first kappa shape index (κ1) is 12.7. The summed E-state index contributed by atoms with van der Waals surface area (Å²) in [6.45, 7) is 7.50. The second-order valence-electron chi connectivity index (χ2n) is 6.06. The summed E-state index contributed by atoms with van der Waals surface area (Å²) in [5, 5.41) is 6.17. The lowest BCUT2D eigenvalue weighted by Gasteiger charge is -2.19. The van der Waals surface area contributed by atoms with Crippen LogP contribution in [-0.2, 0) is 11.2 Å². The summed E-state index contributed by atoms with van der Waals surface area (Å²) in [5.74, 6) is 0.0382. The Morgan fingerprint density at radius 1 is 1.39 bits per heavy atom. The molecular weight excluding hydrogens is 226 g/mol. The van der Waals surface area contributed by atoms with Crippen LogP contribution in [-0.4, -0.2) is 12.5 Å². The van der Waals surface area contributed by atoms with Crippen LogP contribution in [0.3, 0.4) is 0 Å². The van der Waals surface area contributed by atoms with Gasteiger partial charge < -0.3 is 16.4 Å². The zero-order valence-corrected chi connectivity index (χ0v) is 11.3. The fourth-order valence-corrected chi connectivity index (χ4v) is 2.02. The average molecular weight is 247 g/mol. The molecule has 1 aliphatic heterocycles. The van der Waals surface area contributed by atoms with Crippen LogP contribution in [0.4, 0.5) is 17.1 Å². The van der Waals surface area contributed by atoms with Gasteiger partial charge in [0.2, 0.25) is 5.91 Å². The van der Waals surface area contributed by atoms with E-state index < -0.39 is 0 Å². The van der Waals surface area contributed by atoms with E-state index in [1.807, 2.05) is 12.1 Å². The molecule has 1 aliphatic rings. The minimum Gasteiger partial charge on any atom is -0.397 e. The van der Waals surface area contributed by atoms with Crippen molar-refractivity contribution in [2.75, 3.05) is 22.9 Å². The lowest BCUT2D eigenvalue weighted by Crippen LogP contribution is -2.13.